The van der Waals surface area contributed by atoms with Crippen molar-refractivity contribution in [3.05, 3.63) is 30.4 Å². The number of hydrogen-bond donors (Lipinski definition) is 1. The molecule has 0 bridgehead atoms. The Kier molecular flexibility index (Phi) is 3.88. The third-order valence-corrected chi connectivity index (χ3v) is 2.65. The van der Waals surface area contributed by atoms with Gasteiger partial charge in [-0.2, -0.15) is 8.42 Å². The van der Waals surface area contributed by atoms with E-state index in [0.717, 1.165) is 5.69 Å². The molecule has 0 atom stereocenters. The van der Waals surface area contributed by atoms with Crippen LogP contribution in [0.5, 0.6) is 0 Å². The number of aryl methyl sites for hydroxylation is 1. The molecule has 0 saturated heterocycles. The normalized spacial score (nSPS) is 11.7. The SMILES string of the molecule is Cc1coc(-c2cc[n+](CCOS(=O)(=O)O)nc2)n1. The average Bonchev–Trinajstić information content (AvgIpc) is 2.75. The van der Waals surface area contributed by atoms with E-state index in [9.17, 15) is 8.42 Å². The Balaban J connectivity index is 1.99. The van der Waals surface area contributed by atoms with Crippen molar-refractivity contribution in [2.24, 2.45) is 0 Å². The van der Waals surface area contributed by atoms with Gasteiger partial charge in [-0.3, -0.25) is 4.55 Å². The van der Waals surface area contributed by atoms with E-state index in [2.05, 4.69) is 14.3 Å². The highest BCUT2D eigenvalue weighted by Gasteiger charge is 2.11. The van der Waals surface area contributed by atoms with Crippen LogP contribution in [0.25, 0.3) is 11.5 Å². The van der Waals surface area contributed by atoms with Gasteiger partial charge in [0.15, 0.2) is 12.7 Å². The lowest BCUT2D eigenvalue weighted by molar-refractivity contribution is -0.754. The number of rotatable bonds is 5. The molecule has 102 valence electrons. The molecule has 0 aliphatic heterocycles. The van der Waals surface area contributed by atoms with Crippen LogP contribution in [0.1, 0.15) is 5.69 Å². The first-order valence-corrected chi connectivity index (χ1v) is 6.71. The van der Waals surface area contributed by atoms with Gasteiger partial charge in [0.25, 0.3) is 0 Å². The van der Waals surface area contributed by atoms with Gasteiger partial charge in [0, 0.05) is 6.07 Å². The molecule has 0 saturated carbocycles. The highest BCUT2D eigenvalue weighted by Crippen LogP contribution is 2.15. The lowest BCUT2D eigenvalue weighted by atomic mass is 10.3. The highest BCUT2D eigenvalue weighted by molar-refractivity contribution is 7.80. The van der Waals surface area contributed by atoms with Crippen LogP contribution in [0, 0.1) is 6.92 Å². The van der Waals surface area contributed by atoms with E-state index in [1.165, 1.54) is 10.9 Å². The molecule has 0 unspecified atom stereocenters. The molecule has 0 fully saturated rings. The smallest absolute Gasteiger partial charge is 0.397 e. The first-order valence-electron chi connectivity index (χ1n) is 5.34. The first kappa shape index (κ1) is 13.6. The molecule has 0 amide bonds. The quantitative estimate of drug-likeness (QED) is 0.616. The van der Waals surface area contributed by atoms with Gasteiger partial charge in [0.1, 0.15) is 19.1 Å². The van der Waals surface area contributed by atoms with Crippen molar-refractivity contribution in [1.82, 2.24) is 10.1 Å². The fraction of sp³-hybridized carbons (Fsp3) is 0.300. The molecule has 0 aliphatic carbocycles. The second-order valence-corrected chi connectivity index (χ2v) is 4.81. The fourth-order valence-corrected chi connectivity index (χ4v) is 1.65. The standard InChI is InChI=1S/C10H11N3O5S/c1-8-7-17-10(12-8)9-2-3-13(11-6-9)4-5-18-19(14,15)16/h2-3,6-7H,4-5H2,1H3/p+1. The largest absolute Gasteiger partial charge is 0.444 e. The summed E-state index contributed by atoms with van der Waals surface area (Å²) in [5, 5.41) is 4.04. The lowest BCUT2D eigenvalue weighted by Gasteiger charge is -1.96. The van der Waals surface area contributed by atoms with Gasteiger partial charge in [0.05, 0.1) is 11.3 Å². The maximum absolute atomic E-state index is 10.3. The van der Waals surface area contributed by atoms with Gasteiger partial charge < -0.3 is 4.42 Å². The summed E-state index contributed by atoms with van der Waals surface area (Å²) in [7, 11) is -4.41. The van der Waals surface area contributed by atoms with Crippen molar-refractivity contribution in [2.75, 3.05) is 6.61 Å². The van der Waals surface area contributed by atoms with E-state index < -0.39 is 10.4 Å². The topological polar surface area (TPSA) is 106 Å². The zero-order chi connectivity index (χ0) is 13.9. The van der Waals surface area contributed by atoms with Crippen LogP contribution in [-0.2, 0) is 21.1 Å². The predicted molar refractivity (Wildman–Crippen MR) is 62.2 cm³/mol. The van der Waals surface area contributed by atoms with Gasteiger partial charge in [-0.05, 0) is 12.0 Å². The zero-order valence-corrected chi connectivity index (χ0v) is 10.9. The van der Waals surface area contributed by atoms with Gasteiger partial charge in [-0.25, -0.2) is 9.17 Å². The molecule has 2 aromatic heterocycles. The molecular formula is C10H12N3O5S+. The van der Waals surface area contributed by atoms with Crippen LogP contribution in [0.4, 0.5) is 0 Å². The van der Waals surface area contributed by atoms with E-state index in [-0.39, 0.29) is 13.2 Å². The summed E-state index contributed by atoms with van der Waals surface area (Å²) in [6, 6.07) is 1.73. The summed E-state index contributed by atoms with van der Waals surface area (Å²) in [4.78, 5) is 4.15. The van der Waals surface area contributed by atoms with Crippen molar-refractivity contribution < 1.29 is 26.3 Å². The minimum absolute atomic E-state index is 0.185. The number of nitrogens with zero attached hydrogens (tertiary/aromatic N) is 3. The average molecular weight is 286 g/mol. The summed E-state index contributed by atoms with van der Waals surface area (Å²) in [5.41, 5.74) is 1.48. The van der Waals surface area contributed by atoms with Gasteiger partial charge in [0.2, 0.25) is 5.89 Å². The third kappa shape index (κ3) is 4.09. The second kappa shape index (κ2) is 5.43. The van der Waals surface area contributed by atoms with Gasteiger partial charge >= 0.3 is 10.4 Å². The first-order chi connectivity index (χ1) is 8.94. The molecule has 2 aromatic rings. The Labute approximate surface area is 109 Å². The Morgan fingerprint density at radius 1 is 1.53 bits per heavy atom. The van der Waals surface area contributed by atoms with Crippen molar-refractivity contribution in [3.8, 4) is 11.5 Å². The summed E-state index contributed by atoms with van der Waals surface area (Å²) < 4.78 is 40.0. The summed E-state index contributed by atoms with van der Waals surface area (Å²) in [5.74, 6) is 0.464. The summed E-state index contributed by atoms with van der Waals surface area (Å²) >= 11 is 0. The van der Waals surface area contributed by atoms with Crippen molar-refractivity contribution >= 4 is 10.4 Å². The van der Waals surface area contributed by atoms with Crippen molar-refractivity contribution in [2.45, 2.75) is 13.5 Å². The molecule has 19 heavy (non-hydrogen) atoms. The van der Waals surface area contributed by atoms with Crippen LogP contribution in [0.3, 0.4) is 0 Å². The van der Waals surface area contributed by atoms with Gasteiger partial charge in [-0.15, -0.1) is 0 Å². The van der Waals surface area contributed by atoms with Crippen LogP contribution < -0.4 is 4.68 Å². The molecule has 0 radical (unpaired) electrons. The Morgan fingerprint density at radius 3 is 2.84 bits per heavy atom. The van der Waals surface area contributed by atoms with Crippen LogP contribution in [0.15, 0.2) is 29.1 Å². The second-order valence-electron chi connectivity index (χ2n) is 3.72. The highest BCUT2D eigenvalue weighted by atomic mass is 32.3. The van der Waals surface area contributed by atoms with Crippen LogP contribution in [-0.4, -0.2) is 29.7 Å². The molecule has 9 heteroatoms. The molecule has 1 N–H and O–H groups in total. The van der Waals surface area contributed by atoms with E-state index in [4.69, 9.17) is 8.97 Å². The Morgan fingerprint density at radius 2 is 2.32 bits per heavy atom. The molecule has 2 rings (SSSR count). The maximum atomic E-state index is 10.3. The monoisotopic (exact) mass is 286 g/mol. The van der Waals surface area contributed by atoms with E-state index in [1.807, 2.05) is 6.92 Å². The molecule has 2 heterocycles. The van der Waals surface area contributed by atoms with Crippen LogP contribution in [0.2, 0.25) is 0 Å². The van der Waals surface area contributed by atoms with Crippen molar-refractivity contribution in [3.63, 3.8) is 0 Å². The van der Waals surface area contributed by atoms with E-state index >= 15 is 0 Å². The van der Waals surface area contributed by atoms with E-state index in [1.54, 1.807) is 18.5 Å². The Bertz CT molecular complexity index is 650. The number of aromatic nitrogens is 3. The zero-order valence-electron chi connectivity index (χ0n) is 10.1. The lowest BCUT2D eigenvalue weighted by Crippen LogP contribution is -2.39. The Hall–Kier alpha value is -1.84. The predicted octanol–water partition coefficient (Wildman–Crippen LogP) is 0.152. The number of oxazole rings is 1. The molecular weight excluding hydrogens is 274 g/mol. The minimum atomic E-state index is -4.41. The minimum Gasteiger partial charge on any atom is -0.444 e. The molecule has 0 aromatic carbocycles. The molecule has 8 nitrogen and oxygen atoms in total. The summed E-state index contributed by atoms with van der Waals surface area (Å²) in [6.07, 6.45) is 4.71. The third-order valence-electron chi connectivity index (χ3n) is 2.19. The molecule has 0 spiro atoms. The number of hydrogen-bond acceptors (Lipinski definition) is 6. The summed E-state index contributed by atoms with van der Waals surface area (Å²) in [6.45, 7) is 1.80. The maximum Gasteiger partial charge on any atom is 0.397 e. The van der Waals surface area contributed by atoms with E-state index in [0.29, 0.717) is 11.5 Å². The molecule has 0 aliphatic rings. The van der Waals surface area contributed by atoms with Crippen LogP contribution >= 0.6 is 0 Å². The fourth-order valence-electron chi connectivity index (χ4n) is 1.37. The van der Waals surface area contributed by atoms with Gasteiger partial charge in [-0.1, -0.05) is 4.68 Å². The van der Waals surface area contributed by atoms with Crippen molar-refractivity contribution in [1.29, 1.82) is 0 Å².